The SMILES string of the molecule is O=C(O)CC1NCCN(C2CC2)C1=O. The number of hydrogen-bond acceptors (Lipinski definition) is 3. The van der Waals surface area contributed by atoms with Gasteiger partial charge in [0, 0.05) is 19.1 Å². The average molecular weight is 198 g/mol. The highest BCUT2D eigenvalue weighted by Gasteiger charge is 2.38. The summed E-state index contributed by atoms with van der Waals surface area (Å²) in [6, 6.07) is -0.122. The van der Waals surface area contributed by atoms with E-state index in [1.54, 1.807) is 0 Å². The predicted octanol–water partition coefficient (Wildman–Crippen LogP) is -0.576. The number of amides is 1. The maximum atomic E-state index is 11.7. The molecular formula is C9H14N2O3. The molecule has 2 fully saturated rings. The van der Waals surface area contributed by atoms with E-state index in [1.807, 2.05) is 4.90 Å². The third-order valence-electron chi connectivity index (χ3n) is 2.69. The van der Waals surface area contributed by atoms with Gasteiger partial charge in [-0.15, -0.1) is 0 Å². The molecule has 78 valence electrons. The summed E-state index contributed by atoms with van der Waals surface area (Å²) in [5.41, 5.74) is 0. The van der Waals surface area contributed by atoms with Crippen LogP contribution >= 0.6 is 0 Å². The van der Waals surface area contributed by atoms with Gasteiger partial charge in [0.2, 0.25) is 5.91 Å². The minimum Gasteiger partial charge on any atom is -0.481 e. The van der Waals surface area contributed by atoms with Gasteiger partial charge in [0.25, 0.3) is 0 Å². The first-order valence-corrected chi connectivity index (χ1v) is 4.94. The molecule has 1 unspecified atom stereocenters. The van der Waals surface area contributed by atoms with Crippen LogP contribution in [0.4, 0.5) is 0 Å². The minimum absolute atomic E-state index is 0.0406. The van der Waals surface area contributed by atoms with Crippen molar-refractivity contribution < 1.29 is 14.7 Å². The van der Waals surface area contributed by atoms with Crippen molar-refractivity contribution in [1.82, 2.24) is 10.2 Å². The van der Waals surface area contributed by atoms with E-state index in [2.05, 4.69) is 5.32 Å². The Labute approximate surface area is 82.1 Å². The molecule has 0 aromatic heterocycles. The molecule has 0 radical (unpaired) electrons. The van der Waals surface area contributed by atoms with Gasteiger partial charge in [-0.3, -0.25) is 9.59 Å². The molecule has 1 amide bonds. The fraction of sp³-hybridized carbons (Fsp3) is 0.778. The molecule has 2 rings (SSSR count). The Morgan fingerprint density at radius 3 is 2.86 bits per heavy atom. The van der Waals surface area contributed by atoms with Gasteiger partial charge in [0.05, 0.1) is 12.5 Å². The maximum Gasteiger partial charge on any atom is 0.305 e. The van der Waals surface area contributed by atoms with E-state index in [9.17, 15) is 9.59 Å². The Morgan fingerprint density at radius 2 is 2.29 bits per heavy atom. The van der Waals surface area contributed by atoms with Gasteiger partial charge in [0.1, 0.15) is 0 Å². The van der Waals surface area contributed by atoms with E-state index in [1.165, 1.54) is 0 Å². The Hall–Kier alpha value is -1.10. The average Bonchev–Trinajstić information content (AvgIpc) is 2.91. The number of carboxylic acids is 1. The van der Waals surface area contributed by atoms with Gasteiger partial charge in [-0.05, 0) is 12.8 Å². The van der Waals surface area contributed by atoms with Crippen LogP contribution in [-0.4, -0.2) is 47.1 Å². The second kappa shape index (κ2) is 3.57. The number of rotatable bonds is 3. The zero-order chi connectivity index (χ0) is 10.1. The molecule has 1 aliphatic heterocycles. The number of carbonyl (C=O) groups is 2. The Balaban J connectivity index is 1.97. The molecule has 1 saturated carbocycles. The Kier molecular flexibility index (Phi) is 2.41. The van der Waals surface area contributed by atoms with Crippen LogP contribution in [0.5, 0.6) is 0 Å². The summed E-state index contributed by atoms with van der Waals surface area (Å²) in [5, 5.41) is 11.6. The summed E-state index contributed by atoms with van der Waals surface area (Å²) in [6.45, 7) is 1.43. The van der Waals surface area contributed by atoms with Crippen molar-refractivity contribution >= 4 is 11.9 Å². The monoisotopic (exact) mass is 198 g/mol. The minimum atomic E-state index is -0.923. The summed E-state index contributed by atoms with van der Waals surface area (Å²) < 4.78 is 0. The van der Waals surface area contributed by atoms with Crippen LogP contribution in [0.15, 0.2) is 0 Å². The molecule has 1 aliphatic carbocycles. The quantitative estimate of drug-likeness (QED) is 0.636. The van der Waals surface area contributed by atoms with Crippen LogP contribution in [0.25, 0.3) is 0 Å². The highest BCUT2D eigenvalue weighted by molar-refractivity contribution is 5.87. The predicted molar refractivity (Wildman–Crippen MR) is 48.8 cm³/mol. The van der Waals surface area contributed by atoms with Gasteiger partial charge in [-0.25, -0.2) is 0 Å². The van der Waals surface area contributed by atoms with Crippen molar-refractivity contribution in [3.8, 4) is 0 Å². The standard InChI is InChI=1S/C9H14N2O3/c12-8(13)5-7-9(14)11(4-3-10-7)6-1-2-6/h6-7,10H,1-5H2,(H,12,13). The summed E-state index contributed by atoms with van der Waals surface area (Å²) >= 11 is 0. The highest BCUT2D eigenvalue weighted by Crippen LogP contribution is 2.28. The molecule has 5 nitrogen and oxygen atoms in total. The smallest absolute Gasteiger partial charge is 0.305 e. The van der Waals surface area contributed by atoms with Crippen molar-refractivity contribution in [1.29, 1.82) is 0 Å². The van der Waals surface area contributed by atoms with Crippen molar-refractivity contribution in [2.24, 2.45) is 0 Å². The maximum absolute atomic E-state index is 11.7. The lowest BCUT2D eigenvalue weighted by Gasteiger charge is -2.32. The number of piperazine rings is 1. The van der Waals surface area contributed by atoms with Gasteiger partial charge < -0.3 is 15.3 Å². The van der Waals surface area contributed by atoms with Crippen LogP contribution in [0.1, 0.15) is 19.3 Å². The third-order valence-corrected chi connectivity index (χ3v) is 2.69. The van der Waals surface area contributed by atoms with Crippen molar-refractivity contribution in [2.75, 3.05) is 13.1 Å². The lowest BCUT2D eigenvalue weighted by Crippen LogP contribution is -2.56. The third kappa shape index (κ3) is 1.87. The summed E-state index contributed by atoms with van der Waals surface area (Å²) in [5.74, 6) is -0.963. The molecule has 14 heavy (non-hydrogen) atoms. The van der Waals surface area contributed by atoms with E-state index in [4.69, 9.17) is 5.11 Å². The second-order valence-electron chi connectivity index (χ2n) is 3.87. The number of hydrogen-bond donors (Lipinski definition) is 2. The highest BCUT2D eigenvalue weighted by atomic mass is 16.4. The zero-order valence-corrected chi connectivity index (χ0v) is 7.90. The number of aliphatic carboxylic acids is 1. The normalized spacial score (nSPS) is 27.9. The largest absolute Gasteiger partial charge is 0.481 e. The van der Waals surface area contributed by atoms with E-state index in [0.717, 1.165) is 19.4 Å². The molecule has 5 heteroatoms. The van der Waals surface area contributed by atoms with Gasteiger partial charge in [0.15, 0.2) is 0 Å². The van der Waals surface area contributed by atoms with Crippen molar-refractivity contribution in [3.63, 3.8) is 0 Å². The van der Waals surface area contributed by atoms with E-state index < -0.39 is 12.0 Å². The fourth-order valence-electron chi connectivity index (χ4n) is 1.84. The molecule has 0 bridgehead atoms. The first-order valence-electron chi connectivity index (χ1n) is 4.94. The van der Waals surface area contributed by atoms with Gasteiger partial charge >= 0.3 is 5.97 Å². The summed E-state index contributed by atoms with van der Waals surface area (Å²) in [4.78, 5) is 24.1. The van der Waals surface area contributed by atoms with Crippen LogP contribution in [0, 0.1) is 0 Å². The molecular weight excluding hydrogens is 184 g/mol. The molecule has 0 aromatic rings. The summed E-state index contributed by atoms with van der Waals surface area (Å²) in [6.07, 6.45) is 2.04. The number of nitrogens with zero attached hydrogens (tertiary/aromatic N) is 1. The van der Waals surface area contributed by atoms with Gasteiger partial charge in [-0.1, -0.05) is 0 Å². The number of carbonyl (C=O) groups excluding carboxylic acids is 1. The van der Waals surface area contributed by atoms with E-state index in [0.29, 0.717) is 12.6 Å². The first-order chi connectivity index (χ1) is 6.68. The molecule has 1 atom stereocenters. The van der Waals surface area contributed by atoms with Crippen molar-refractivity contribution in [2.45, 2.75) is 31.3 Å². The lowest BCUT2D eigenvalue weighted by atomic mass is 10.1. The fourth-order valence-corrected chi connectivity index (χ4v) is 1.84. The Bertz CT molecular complexity index is 263. The molecule has 1 heterocycles. The van der Waals surface area contributed by atoms with E-state index in [-0.39, 0.29) is 12.3 Å². The zero-order valence-electron chi connectivity index (χ0n) is 7.90. The topological polar surface area (TPSA) is 69.6 Å². The molecule has 2 N–H and O–H groups in total. The van der Waals surface area contributed by atoms with Crippen LogP contribution in [0.3, 0.4) is 0 Å². The van der Waals surface area contributed by atoms with Crippen LogP contribution < -0.4 is 5.32 Å². The molecule has 0 spiro atoms. The van der Waals surface area contributed by atoms with Crippen molar-refractivity contribution in [3.05, 3.63) is 0 Å². The lowest BCUT2D eigenvalue weighted by molar-refractivity contribution is -0.144. The number of carboxylic acid groups (broad SMARTS) is 1. The van der Waals surface area contributed by atoms with Gasteiger partial charge in [-0.2, -0.15) is 0 Å². The van der Waals surface area contributed by atoms with Crippen LogP contribution in [-0.2, 0) is 9.59 Å². The number of nitrogens with one attached hydrogen (secondary N) is 1. The summed E-state index contributed by atoms with van der Waals surface area (Å²) in [7, 11) is 0. The second-order valence-corrected chi connectivity index (χ2v) is 3.87. The molecule has 1 saturated heterocycles. The molecule has 2 aliphatic rings. The first kappa shape index (κ1) is 9.45. The molecule has 0 aromatic carbocycles. The van der Waals surface area contributed by atoms with Crippen LogP contribution in [0.2, 0.25) is 0 Å². The van der Waals surface area contributed by atoms with E-state index >= 15 is 0 Å². The Morgan fingerprint density at radius 1 is 1.57 bits per heavy atom.